The summed E-state index contributed by atoms with van der Waals surface area (Å²) in [5.41, 5.74) is 0.653. The molecule has 0 atom stereocenters. The largest absolute Gasteiger partial charge is 0.299 e. The van der Waals surface area contributed by atoms with Crippen molar-refractivity contribution in [3.8, 4) is 0 Å². The Morgan fingerprint density at radius 2 is 1.64 bits per heavy atom. The zero-order valence-electron chi connectivity index (χ0n) is 6.36. The van der Waals surface area contributed by atoms with Gasteiger partial charge in [0.1, 0.15) is 12.6 Å². The monoisotopic (exact) mass is 150 g/mol. The predicted octanol–water partition coefficient (Wildman–Crippen LogP) is 1.44. The second-order valence-electron chi connectivity index (χ2n) is 1.93. The van der Waals surface area contributed by atoms with Crippen LogP contribution in [-0.4, -0.2) is 12.6 Å². The van der Waals surface area contributed by atoms with Crippen molar-refractivity contribution in [3.05, 3.63) is 36.0 Å². The first-order valence-corrected chi connectivity index (χ1v) is 3.22. The lowest BCUT2D eigenvalue weighted by atomic mass is 10.3. The van der Waals surface area contributed by atoms with E-state index in [1.807, 2.05) is 0 Å². The van der Waals surface area contributed by atoms with E-state index in [0.717, 1.165) is 6.29 Å². The number of rotatable bonds is 4. The van der Waals surface area contributed by atoms with Crippen LogP contribution in [0.15, 0.2) is 36.0 Å². The van der Waals surface area contributed by atoms with Crippen LogP contribution in [-0.2, 0) is 9.59 Å². The van der Waals surface area contributed by atoms with E-state index in [2.05, 4.69) is 0 Å². The fraction of sp³-hybridized carbons (Fsp3) is 0.111. The quantitative estimate of drug-likeness (QED) is 0.345. The number of hydrogen-bond acceptors (Lipinski definition) is 2. The summed E-state index contributed by atoms with van der Waals surface area (Å²) < 4.78 is 0. The van der Waals surface area contributed by atoms with Crippen LogP contribution in [0.5, 0.6) is 0 Å². The highest BCUT2D eigenvalue weighted by Gasteiger charge is 1.76. The molecule has 0 bridgehead atoms. The van der Waals surface area contributed by atoms with Crippen molar-refractivity contribution in [2.24, 2.45) is 0 Å². The van der Waals surface area contributed by atoms with Gasteiger partial charge in [-0.25, -0.2) is 0 Å². The van der Waals surface area contributed by atoms with Crippen LogP contribution in [0.2, 0.25) is 0 Å². The Morgan fingerprint density at radius 1 is 1.00 bits per heavy atom. The highest BCUT2D eigenvalue weighted by Crippen LogP contribution is 1.86. The molecule has 0 spiro atoms. The van der Waals surface area contributed by atoms with Crippen molar-refractivity contribution in [3.63, 3.8) is 0 Å². The lowest BCUT2D eigenvalue weighted by molar-refractivity contribution is -0.105. The minimum atomic E-state index is 0.653. The van der Waals surface area contributed by atoms with Gasteiger partial charge in [0.05, 0.1) is 0 Å². The first-order chi connectivity index (χ1) is 5.31. The minimum Gasteiger partial charge on any atom is -0.299 e. The van der Waals surface area contributed by atoms with E-state index in [1.54, 1.807) is 31.2 Å². The van der Waals surface area contributed by atoms with Crippen LogP contribution in [0.4, 0.5) is 0 Å². The van der Waals surface area contributed by atoms with Crippen LogP contribution in [0.1, 0.15) is 6.92 Å². The number of carbonyl (C=O) groups excluding carboxylic acids is 2. The summed E-state index contributed by atoms with van der Waals surface area (Å²) in [6, 6.07) is 0. The maximum atomic E-state index is 10.0. The van der Waals surface area contributed by atoms with Gasteiger partial charge in [0.25, 0.3) is 0 Å². The fourth-order valence-corrected chi connectivity index (χ4v) is 0.420. The molecule has 0 saturated heterocycles. The molecule has 0 aromatic carbocycles. The Labute approximate surface area is 65.9 Å². The Balaban J connectivity index is 3.85. The van der Waals surface area contributed by atoms with Crippen LogP contribution in [0, 0.1) is 0 Å². The average molecular weight is 150 g/mol. The van der Waals surface area contributed by atoms with Gasteiger partial charge >= 0.3 is 0 Å². The first kappa shape index (κ1) is 9.56. The molecule has 0 aromatic rings. The highest BCUT2D eigenvalue weighted by molar-refractivity contribution is 5.72. The summed E-state index contributed by atoms with van der Waals surface area (Å²) >= 11 is 0. The summed E-state index contributed by atoms with van der Waals surface area (Å²) in [4.78, 5) is 19.8. The lowest BCUT2D eigenvalue weighted by Crippen LogP contribution is -1.71. The normalized spacial score (nSPS) is 12.6. The molecule has 0 N–H and O–H groups in total. The third kappa shape index (κ3) is 6.45. The maximum absolute atomic E-state index is 10.0. The van der Waals surface area contributed by atoms with Crippen LogP contribution in [0.3, 0.4) is 0 Å². The van der Waals surface area contributed by atoms with Crippen LogP contribution >= 0.6 is 0 Å². The fourth-order valence-electron chi connectivity index (χ4n) is 0.420. The van der Waals surface area contributed by atoms with Crippen molar-refractivity contribution in [2.75, 3.05) is 0 Å². The summed E-state index contributed by atoms with van der Waals surface area (Å²) in [6.45, 7) is 1.71. The number of hydrogen-bond donors (Lipinski definition) is 0. The van der Waals surface area contributed by atoms with E-state index in [-0.39, 0.29) is 0 Å². The molecule has 0 heterocycles. The van der Waals surface area contributed by atoms with Crippen molar-refractivity contribution in [1.82, 2.24) is 0 Å². The SMILES string of the molecule is C\C(C=O)=C/C=C/C=C/C=O. The number of allylic oxidation sites excluding steroid dienone is 6. The van der Waals surface area contributed by atoms with E-state index in [9.17, 15) is 9.59 Å². The van der Waals surface area contributed by atoms with E-state index in [0.29, 0.717) is 11.9 Å². The molecule has 0 amide bonds. The minimum absolute atomic E-state index is 0.653. The molecule has 0 aliphatic heterocycles. The van der Waals surface area contributed by atoms with Crippen LogP contribution < -0.4 is 0 Å². The van der Waals surface area contributed by atoms with Gasteiger partial charge in [-0.2, -0.15) is 0 Å². The zero-order chi connectivity index (χ0) is 8.53. The smallest absolute Gasteiger partial charge is 0.145 e. The maximum Gasteiger partial charge on any atom is 0.145 e. The summed E-state index contributed by atoms with van der Waals surface area (Å²) in [5.74, 6) is 0. The summed E-state index contributed by atoms with van der Waals surface area (Å²) in [5, 5.41) is 0. The van der Waals surface area contributed by atoms with E-state index in [4.69, 9.17) is 0 Å². The predicted molar refractivity (Wildman–Crippen MR) is 44.2 cm³/mol. The summed E-state index contributed by atoms with van der Waals surface area (Å²) in [7, 11) is 0. The molecular weight excluding hydrogens is 140 g/mol. The average Bonchev–Trinajstić information content (AvgIpc) is 2.04. The molecule has 0 aliphatic rings. The molecule has 2 nitrogen and oxygen atoms in total. The molecule has 11 heavy (non-hydrogen) atoms. The Hall–Kier alpha value is -1.44. The van der Waals surface area contributed by atoms with Gasteiger partial charge < -0.3 is 0 Å². The third-order valence-corrected chi connectivity index (χ3v) is 0.957. The Kier molecular flexibility index (Phi) is 5.80. The lowest BCUT2D eigenvalue weighted by Gasteiger charge is -1.78. The molecule has 0 saturated carbocycles. The van der Waals surface area contributed by atoms with Gasteiger partial charge in [0.15, 0.2) is 0 Å². The number of aldehydes is 2. The molecule has 0 fully saturated rings. The zero-order valence-corrected chi connectivity index (χ0v) is 6.36. The number of carbonyl (C=O) groups is 2. The topological polar surface area (TPSA) is 34.1 Å². The van der Waals surface area contributed by atoms with Gasteiger partial charge in [-0.15, -0.1) is 0 Å². The van der Waals surface area contributed by atoms with Crippen molar-refractivity contribution >= 4 is 12.6 Å². The van der Waals surface area contributed by atoms with Gasteiger partial charge in [-0.05, 0) is 18.6 Å². The molecule has 0 aromatic heterocycles. The van der Waals surface area contributed by atoms with E-state index >= 15 is 0 Å². The first-order valence-electron chi connectivity index (χ1n) is 3.22. The Morgan fingerprint density at radius 3 is 2.18 bits per heavy atom. The third-order valence-electron chi connectivity index (χ3n) is 0.957. The summed E-state index contributed by atoms with van der Waals surface area (Å²) in [6.07, 6.45) is 9.49. The van der Waals surface area contributed by atoms with Crippen molar-refractivity contribution in [1.29, 1.82) is 0 Å². The second-order valence-corrected chi connectivity index (χ2v) is 1.93. The standard InChI is InChI=1S/C9H10O2/c1-9(8-11)6-4-2-3-5-7-10/h2-8H,1H3/b4-2+,5-3+,9-6+. The second kappa shape index (κ2) is 6.68. The molecule has 0 aliphatic carbocycles. The van der Waals surface area contributed by atoms with Crippen molar-refractivity contribution in [2.45, 2.75) is 6.92 Å². The molecule has 2 heteroatoms. The molecule has 0 rings (SSSR count). The molecule has 0 radical (unpaired) electrons. The van der Waals surface area contributed by atoms with Gasteiger partial charge in [-0.1, -0.05) is 24.3 Å². The van der Waals surface area contributed by atoms with E-state index < -0.39 is 0 Å². The van der Waals surface area contributed by atoms with E-state index in [1.165, 1.54) is 6.08 Å². The Bertz CT molecular complexity index is 210. The van der Waals surface area contributed by atoms with Gasteiger partial charge in [0.2, 0.25) is 0 Å². The molecular formula is C9H10O2. The van der Waals surface area contributed by atoms with Gasteiger partial charge in [-0.3, -0.25) is 9.59 Å². The molecule has 0 unspecified atom stereocenters. The van der Waals surface area contributed by atoms with Gasteiger partial charge in [0, 0.05) is 0 Å². The highest BCUT2D eigenvalue weighted by atomic mass is 16.1. The van der Waals surface area contributed by atoms with Crippen molar-refractivity contribution < 1.29 is 9.59 Å². The van der Waals surface area contributed by atoms with Crippen LogP contribution in [0.25, 0.3) is 0 Å². The molecule has 58 valence electrons.